The van der Waals surface area contributed by atoms with Crippen LogP contribution in [0.1, 0.15) is 11.5 Å². The molecule has 23 heavy (non-hydrogen) atoms. The fourth-order valence-electron chi connectivity index (χ4n) is 2.10. The van der Waals surface area contributed by atoms with Crippen molar-refractivity contribution in [3.63, 3.8) is 0 Å². The van der Waals surface area contributed by atoms with Gasteiger partial charge in [-0.05, 0) is 36.9 Å². The Kier molecular flexibility index (Phi) is 4.26. The molecular weight excluding hydrogens is 310 g/mol. The number of aromatic nitrogens is 4. The molecule has 3 rings (SSSR count). The van der Waals surface area contributed by atoms with Crippen LogP contribution in [-0.4, -0.2) is 19.7 Å². The van der Waals surface area contributed by atoms with Crippen LogP contribution in [0.4, 0.5) is 0 Å². The minimum Gasteiger partial charge on any atom is -0.469 e. The average Bonchev–Trinajstić information content (AvgIpc) is 3.15. The van der Waals surface area contributed by atoms with Crippen LogP contribution in [0.5, 0.6) is 0 Å². The van der Waals surface area contributed by atoms with Crippen LogP contribution in [0, 0.1) is 18.3 Å². The summed E-state index contributed by atoms with van der Waals surface area (Å²) < 4.78 is 7.29. The van der Waals surface area contributed by atoms with Gasteiger partial charge in [-0.2, -0.15) is 5.26 Å². The molecule has 0 spiro atoms. The molecule has 7 heteroatoms. The maximum atomic E-state index is 8.95. The molecule has 0 aromatic carbocycles. The van der Waals surface area contributed by atoms with E-state index in [9.17, 15) is 0 Å². The first-order chi connectivity index (χ1) is 11.2. The lowest BCUT2D eigenvalue weighted by molar-refractivity contribution is 0.534. The zero-order chi connectivity index (χ0) is 16.2. The molecule has 0 N–H and O–H groups in total. The van der Waals surface area contributed by atoms with E-state index in [4.69, 9.17) is 9.68 Å². The predicted octanol–water partition coefficient (Wildman–Crippen LogP) is 3.45. The molecule has 0 aliphatic heterocycles. The van der Waals surface area contributed by atoms with Gasteiger partial charge in [0.25, 0.3) is 0 Å². The van der Waals surface area contributed by atoms with Crippen molar-refractivity contribution in [1.82, 2.24) is 19.7 Å². The first-order valence-corrected chi connectivity index (χ1v) is 7.68. The second-order valence-electron chi connectivity index (χ2n) is 4.67. The highest BCUT2D eigenvalue weighted by atomic mass is 32.2. The molecule has 0 bridgehead atoms. The zero-order valence-electron chi connectivity index (χ0n) is 12.4. The number of nitrogens with zero attached hydrogens (tertiary/aromatic N) is 5. The second kappa shape index (κ2) is 6.50. The van der Waals surface area contributed by atoms with Crippen LogP contribution in [0.2, 0.25) is 0 Å². The van der Waals surface area contributed by atoms with Crippen LogP contribution in [0.25, 0.3) is 11.4 Å². The normalized spacial score (nSPS) is 10.4. The van der Waals surface area contributed by atoms with Crippen molar-refractivity contribution in [2.75, 3.05) is 0 Å². The minimum absolute atomic E-state index is 0.371. The van der Waals surface area contributed by atoms with Crippen molar-refractivity contribution in [1.29, 1.82) is 5.26 Å². The third kappa shape index (κ3) is 3.03. The van der Waals surface area contributed by atoms with Gasteiger partial charge in [0.05, 0.1) is 11.8 Å². The van der Waals surface area contributed by atoms with Gasteiger partial charge in [0.1, 0.15) is 22.5 Å². The van der Waals surface area contributed by atoms with Gasteiger partial charge in [0, 0.05) is 6.54 Å². The van der Waals surface area contributed by atoms with Crippen LogP contribution in [0.3, 0.4) is 0 Å². The highest BCUT2D eigenvalue weighted by Crippen LogP contribution is 2.30. The van der Waals surface area contributed by atoms with Gasteiger partial charge < -0.3 is 4.42 Å². The van der Waals surface area contributed by atoms with Gasteiger partial charge >= 0.3 is 0 Å². The van der Waals surface area contributed by atoms with Crippen molar-refractivity contribution in [2.24, 2.45) is 0 Å². The van der Waals surface area contributed by atoms with E-state index >= 15 is 0 Å². The number of rotatable bonds is 5. The lowest BCUT2D eigenvalue weighted by Crippen LogP contribution is -2.01. The Balaban J connectivity index is 2.00. The fourth-order valence-corrected chi connectivity index (χ4v) is 2.93. The zero-order valence-corrected chi connectivity index (χ0v) is 13.2. The summed E-state index contributed by atoms with van der Waals surface area (Å²) in [6, 6.07) is 9.19. The summed E-state index contributed by atoms with van der Waals surface area (Å²) >= 11 is 1.36. The molecule has 0 aliphatic rings. The van der Waals surface area contributed by atoms with Gasteiger partial charge in [-0.1, -0.05) is 12.1 Å². The van der Waals surface area contributed by atoms with Crippen LogP contribution in [0.15, 0.2) is 57.8 Å². The molecule has 0 aliphatic carbocycles. The number of pyridine rings is 1. The molecule has 0 unspecified atom stereocenters. The summed E-state index contributed by atoms with van der Waals surface area (Å²) in [6.45, 7) is 6.23. The van der Waals surface area contributed by atoms with Crippen LogP contribution >= 0.6 is 11.8 Å². The summed E-state index contributed by atoms with van der Waals surface area (Å²) in [5.74, 6) is 1.50. The van der Waals surface area contributed by atoms with E-state index in [1.54, 1.807) is 24.5 Å². The Morgan fingerprint density at radius 1 is 1.39 bits per heavy atom. The Morgan fingerprint density at radius 3 is 2.96 bits per heavy atom. The van der Waals surface area contributed by atoms with Gasteiger partial charge in [-0.15, -0.1) is 16.8 Å². The average molecular weight is 323 g/mol. The second-order valence-corrected chi connectivity index (χ2v) is 5.66. The molecule has 3 aromatic rings. The summed E-state index contributed by atoms with van der Waals surface area (Å²) in [7, 11) is 0. The number of allylic oxidation sites excluding steroid dienone is 1. The van der Waals surface area contributed by atoms with E-state index in [2.05, 4.69) is 21.8 Å². The van der Waals surface area contributed by atoms with Crippen molar-refractivity contribution in [3.8, 4) is 17.5 Å². The van der Waals surface area contributed by atoms with Gasteiger partial charge in [-0.25, -0.2) is 4.98 Å². The Labute approximate surface area is 137 Å². The topological polar surface area (TPSA) is 80.5 Å². The minimum atomic E-state index is 0.371. The van der Waals surface area contributed by atoms with Gasteiger partial charge in [0.15, 0.2) is 11.0 Å². The molecule has 0 saturated heterocycles. The lowest BCUT2D eigenvalue weighted by Gasteiger charge is -2.06. The van der Waals surface area contributed by atoms with E-state index in [0.717, 1.165) is 17.1 Å². The molecule has 0 radical (unpaired) electrons. The molecule has 3 heterocycles. The maximum Gasteiger partial charge on any atom is 0.198 e. The molecule has 0 fully saturated rings. The number of hydrogen-bond acceptors (Lipinski definition) is 6. The molecule has 114 valence electrons. The summed E-state index contributed by atoms with van der Waals surface area (Å²) in [6.07, 6.45) is 3.41. The van der Waals surface area contributed by atoms with Gasteiger partial charge in [0.2, 0.25) is 0 Å². The number of hydrogen-bond donors (Lipinski definition) is 0. The van der Waals surface area contributed by atoms with Gasteiger partial charge in [-0.3, -0.25) is 4.57 Å². The van der Waals surface area contributed by atoms with Crippen LogP contribution in [-0.2, 0) is 6.54 Å². The Hall–Kier alpha value is -2.85. The first kappa shape index (κ1) is 15.1. The van der Waals surface area contributed by atoms with Crippen molar-refractivity contribution < 1.29 is 4.42 Å². The summed E-state index contributed by atoms with van der Waals surface area (Å²) in [5.41, 5.74) is 1.26. The highest BCUT2D eigenvalue weighted by molar-refractivity contribution is 7.99. The molecule has 0 saturated carbocycles. The first-order valence-electron chi connectivity index (χ1n) is 6.86. The van der Waals surface area contributed by atoms with Crippen molar-refractivity contribution >= 4 is 11.8 Å². The number of furan rings is 1. The summed E-state index contributed by atoms with van der Waals surface area (Å²) in [4.78, 5) is 4.25. The molecular formula is C16H13N5OS. The molecule has 0 amide bonds. The summed E-state index contributed by atoms with van der Waals surface area (Å²) in [5, 5.41) is 18.8. The van der Waals surface area contributed by atoms with E-state index in [1.165, 1.54) is 11.8 Å². The van der Waals surface area contributed by atoms with E-state index in [-0.39, 0.29) is 0 Å². The number of nitriles is 1. The predicted molar refractivity (Wildman–Crippen MR) is 85.7 cm³/mol. The Bertz CT molecular complexity index is 890. The molecule has 3 aromatic heterocycles. The van der Waals surface area contributed by atoms with Crippen molar-refractivity contribution in [3.05, 3.63) is 54.6 Å². The quantitative estimate of drug-likeness (QED) is 0.669. The lowest BCUT2D eigenvalue weighted by atomic mass is 10.2. The third-order valence-electron chi connectivity index (χ3n) is 3.16. The number of aryl methyl sites for hydroxylation is 1. The largest absolute Gasteiger partial charge is 0.469 e. The third-order valence-corrected chi connectivity index (χ3v) is 4.08. The van der Waals surface area contributed by atoms with Crippen LogP contribution < -0.4 is 0 Å². The molecule has 6 nitrogen and oxygen atoms in total. The maximum absolute atomic E-state index is 8.95. The van der Waals surface area contributed by atoms with E-state index in [0.29, 0.717) is 22.4 Å². The van der Waals surface area contributed by atoms with Crippen molar-refractivity contribution in [2.45, 2.75) is 23.7 Å². The van der Waals surface area contributed by atoms with E-state index < -0.39 is 0 Å². The SMILES string of the molecule is C=CCn1c(Sc2cccc(C#N)n2)nnc1-c1ccoc1C. The smallest absolute Gasteiger partial charge is 0.198 e. The fraction of sp³-hybridized carbons (Fsp3) is 0.125. The standard InChI is InChI=1S/C16H13N5OS/c1-3-8-21-15(13-7-9-22-11(13)2)19-20-16(21)23-14-6-4-5-12(10-17)18-14/h3-7,9H,1,8H2,2H3. The van der Waals surface area contributed by atoms with E-state index in [1.807, 2.05) is 29.7 Å². The monoisotopic (exact) mass is 323 g/mol. The Morgan fingerprint density at radius 2 is 2.26 bits per heavy atom. The molecule has 0 atom stereocenters. The highest BCUT2D eigenvalue weighted by Gasteiger charge is 2.17.